The van der Waals surface area contributed by atoms with E-state index in [9.17, 15) is 4.79 Å². The van der Waals surface area contributed by atoms with Gasteiger partial charge in [0.15, 0.2) is 0 Å². The lowest BCUT2D eigenvalue weighted by atomic mass is 9.65. The quantitative estimate of drug-likeness (QED) is 0.888. The van der Waals surface area contributed by atoms with Crippen LogP contribution in [0.5, 0.6) is 0 Å². The number of carbonyl (C=O) groups excluding carboxylic acids is 1. The van der Waals surface area contributed by atoms with Crippen molar-refractivity contribution in [2.24, 2.45) is 23.5 Å². The van der Waals surface area contributed by atoms with Crippen LogP contribution in [-0.2, 0) is 4.79 Å². The Kier molecular flexibility index (Phi) is 5.51. The number of rotatable bonds is 2. The van der Waals surface area contributed by atoms with Gasteiger partial charge in [-0.25, -0.2) is 0 Å². The zero-order chi connectivity index (χ0) is 15.8. The summed E-state index contributed by atoms with van der Waals surface area (Å²) in [5.41, 5.74) is 7.75. The molecule has 1 saturated heterocycles. The summed E-state index contributed by atoms with van der Waals surface area (Å²) in [6.07, 6.45) is 6.94. The third-order valence-corrected chi connectivity index (χ3v) is 6.53. The Hall–Kier alpha value is -1.06. The summed E-state index contributed by atoms with van der Waals surface area (Å²) in [6, 6.07) is 11.0. The van der Waals surface area contributed by atoms with Crippen molar-refractivity contribution in [1.82, 2.24) is 4.90 Å². The molecule has 2 bridgehead atoms. The topological polar surface area (TPSA) is 46.3 Å². The monoisotopic (exact) mass is 348 g/mol. The van der Waals surface area contributed by atoms with Crippen LogP contribution in [0.15, 0.2) is 30.3 Å². The fourth-order valence-electron chi connectivity index (χ4n) is 5.21. The molecular weight excluding hydrogens is 320 g/mol. The van der Waals surface area contributed by atoms with E-state index in [4.69, 9.17) is 5.73 Å². The molecule has 0 aromatic heterocycles. The molecule has 3 fully saturated rings. The number of hydrogen-bond acceptors (Lipinski definition) is 2. The predicted octanol–water partition coefficient (Wildman–Crippen LogP) is 3.58. The summed E-state index contributed by atoms with van der Waals surface area (Å²) in [5.74, 6) is 2.34. The molecule has 132 valence electrons. The van der Waals surface area contributed by atoms with Crippen LogP contribution in [0.1, 0.15) is 50.0 Å². The number of halogens is 1. The second-order valence-corrected chi connectivity index (χ2v) is 7.88. The molecule has 1 heterocycles. The maximum atomic E-state index is 13.0. The van der Waals surface area contributed by atoms with E-state index >= 15 is 0 Å². The lowest BCUT2D eigenvalue weighted by Crippen LogP contribution is -2.49. The number of likely N-dealkylation sites (tertiary alicyclic amines) is 1. The minimum absolute atomic E-state index is 0. The van der Waals surface area contributed by atoms with Gasteiger partial charge in [-0.15, -0.1) is 12.4 Å². The van der Waals surface area contributed by atoms with Gasteiger partial charge in [0.05, 0.1) is 0 Å². The molecule has 1 aliphatic heterocycles. The highest BCUT2D eigenvalue weighted by Crippen LogP contribution is 2.43. The normalized spacial score (nSPS) is 35.4. The van der Waals surface area contributed by atoms with Gasteiger partial charge in [-0.2, -0.15) is 0 Å². The van der Waals surface area contributed by atoms with Gasteiger partial charge in [-0.05, 0) is 49.5 Å². The number of benzene rings is 1. The maximum Gasteiger partial charge on any atom is 0.225 e. The first-order valence-electron chi connectivity index (χ1n) is 9.31. The van der Waals surface area contributed by atoms with Gasteiger partial charge in [-0.1, -0.05) is 36.8 Å². The van der Waals surface area contributed by atoms with E-state index in [0.29, 0.717) is 29.7 Å². The SMILES string of the molecule is Cl.NC1C2CCCC1CC(C(=O)N1CCC(c3ccccc3)C1)C2. The zero-order valence-electron chi connectivity index (χ0n) is 14.3. The number of nitrogens with zero attached hydrogens (tertiary/aromatic N) is 1. The largest absolute Gasteiger partial charge is 0.342 e. The van der Waals surface area contributed by atoms with Crippen molar-refractivity contribution in [3.05, 3.63) is 35.9 Å². The molecule has 24 heavy (non-hydrogen) atoms. The molecule has 2 N–H and O–H groups in total. The Morgan fingerprint density at radius 1 is 1.04 bits per heavy atom. The molecule has 0 radical (unpaired) electrons. The van der Waals surface area contributed by atoms with Crippen molar-refractivity contribution in [2.75, 3.05) is 13.1 Å². The van der Waals surface area contributed by atoms with Crippen LogP contribution in [0.2, 0.25) is 0 Å². The van der Waals surface area contributed by atoms with E-state index < -0.39 is 0 Å². The Morgan fingerprint density at radius 2 is 1.71 bits per heavy atom. The zero-order valence-corrected chi connectivity index (χ0v) is 15.1. The summed E-state index contributed by atoms with van der Waals surface area (Å²) >= 11 is 0. The van der Waals surface area contributed by atoms with Crippen LogP contribution in [0, 0.1) is 17.8 Å². The van der Waals surface area contributed by atoms with Crippen LogP contribution in [-0.4, -0.2) is 29.9 Å². The molecule has 3 unspecified atom stereocenters. The molecule has 1 amide bonds. The fourth-order valence-corrected chi connectivity index (χ4v) is 5.21. The average molecular weight is 349 g/mol. The van der Waals surface area contributed by atoms with Crippen molar-refractivity contribution in [3.8, 4) is 0 Å². The molecule has 4 heteroatoms. The number of carbonyl (C=O) groups is 1. The first-order chi connectivity index (χ1) is 11.2. The van der Waals surface area contributed by atoms with Crippen molar-refractivity contribution in [1.29, 1.82) is 0 Å². The smallest absolute Gasteiger partial charge is 0.225 e. The maximum absolute atomic E-state index is 13.0. The van der Waals surface area contributed by atoms with Gasteiger partial charge in [0.1, 0.15) is 0 Å². The Morgan fingerprint density at radius 3 is 2.38 bits per heavy atom. The lowest BCUT2D eigenvalue weighted by Gasteiger charge is -2.44. The number of nitrogens with two attached hydrogens (primary N) is 1. The second-order valence-electron chi connectivity index (χ2n) is 7.88. The molecule has 4 rings (SSSR count). The highest BCUT2D eigenvalue weighted by atomic mass is 35.5. The summed E-state index contributed by atoms with van der Waals surface area (Å²) in [5, 5.41) is 0. The third kappa shape index (κ3) is 3.34. The number of fused-ring (bicyclic) bond motifs is 2. The number of hydrogen-bond donors (Lipinski definition) is 1. The van der Waals surface area contributed by atoms with Gasteiger partial charge in [0.2, 0.25) is 5.91 Å². The molecule has 0 spiro atoms. The summed E-state index contributed by atoms with van der Waals surface area (Å²) in [6.45, 7) is 1.83. The first kappa shape index (κ1) is 17.8. The highest BCUT2D eigenvalue weighted by Gasteiger charge is 2.42. The standard InChI is InChI=1S/C20H28N2O.ClH/c21-19-15-7-4-8-16(19)12-18(11-15)20(23)22-10-9-17(13-22)14-5-2-1-3-6-14;/h1-3,5-6,15-19H,4,7-13,21H2;1H. The Balaban J connectivity index is 0.00000169. The molecule has 1 aromatic carbocycles. The van der Waals surface area contributed by atoms with Crippen molar-refractivity contribution in [3.63, 3.8) is 0 Å². The van der Waals surface area contributed by atoms with Crippen LogP contribution in [0.4, 0.5) is 0 Å². The fraction of sp³-hybridized carbons (Fsp3) is 0.650. The third-order valence-electron chi connectivity index (χ3n) is 6.53. The summed E-state index contributed by atoms with van der Waals surface area (Å²) < 4.78 is 0. The molecule has 2 saturated carbocycles. The van der Waals surface area contributed by atoms with E-state index in [-0.39, 0.29) is 18.3 Å². The number of amides is 1. The van der Waals surface area contributed by atoms with E-state index in [0.717, 1.165) is 32.4 Å². The van der Waals surface area contributed by atoms with Gasteiger partial charge in [-0.3, -0.25) is 4.79 Å². The van der Waals surface area contributed by atoms with E-state index in [1.807, 2.05) is 0 Å². The van der Waals surface area contributed by atoms with Gasteiger partial charge in [0.25, 0.3) is 0 Å². The van der Waals surface area contributed by atoms with E-state index in [2.05, 4.69) is 35.2 Å². The van der Waals surface area contributed by atoms with Gasteiger partial charge in [0, 0.05) is 31.0 Å². The van der Waals surface area contributed by atoms with Crippen LogP contribution in [0.25, 0.3) is 0 Å². The van der Waals surface area contributed by atoms with Crippen molar-refractivity contribution < 1.29 is 4.79 Å². The molecule has 1 aromatic rings. The minimum Gasteiger partial charge on any atom is -0.342 e. The molecule has 2 aliphatic carbocycles. The minimum atomic E-state index is 0. The highest BCUT2D eigenvalue weighted by molar-refractivity contribution is 5.85. The first-order valence-corrected chi connectivity index (χ1v) is 9.31. The molecule has 3 aliphatic rings. The molecular formula is C20H29ClN2O. The predicted molar refractivity (Wildman–Crippen MR) is 99.2 cm³/mol. The van der Waals surface area contributed by atoms with E-state index in [1.165, 1.54) is 24.8 Å². The lowest BCUT2D eigenvalue weighted by molar-refractivity contribution is -0.137. The molecule has 3 atom stereocenters. The van der Waals surface area contributed by atoms with Crippen LogP contribution >= 0.6 is 12.4 Å². The van der Waals surface area contributed by atoms with Gasteiger partial charge < -0.3 is 10.6 Å². The Bertz CT molecular complexity index is 550. The Labute approximate surface area is 151 Å². The molecule has 3 nitrogen and oxygen atoms in total. The second kappa shape index (κ2) is 7.45. The summed E-state index contributed by atoms with van der Waals surface area (Å²) in [7, 11) is 0. The van der Waals surface area contributed by atoms with Gasteiger partial charge >= 0.3 is 0 Å². The van der Waals surface area contributed by atoms with E-state index in [1.54, 1.807) is 0 Å². The van der Waals surface area contributed by atoms with Crippen LogP contribution < -0.4 is 5.73 Å². The summed E-state index contributed by atoms with van der Waals surface area (Å²) in [4.78, 5) is 15.1. The average Bonchev–Trinajstić information content (AvgIpc) is 3.05. The van der Waals surface area contributed by atoms with Crippen molar-refractivity contribution in [2.45, 2.75) is 50.5 Å². The van der Waals surface area contributed by atoms with Crippen molar-refractivity contribution >= 4 is 18.3 Å². The van der Waals surface area contributed by atoms with Crippen LogP contribution in [0.3, 0.4) is 0 Å².